The van der Waals surface area contributed by atoms with E-state index in [0.717, 1.165) is 37.2 Å². The van der Waals surface area contributed by atoms with Gasteiger partial charge >= 0.3 is 0 Å². The van der Waals surface area contributed by atoms with Crippen LogP contribution < -0.4 is 10.6 Å². The molecule has 0 aliphatic carbocycles. The number of amides is 1. The highest BCUT2D eigenvalue weighted by Gasteiger charge is 2.19. The third-order valence-corrected chi connectivity index (χ3v) is 4.02. The summed E-state index contributed by atoms with van der Waals surface area (Å²) in [6, 6.07) is 7.69. The minimum atomic E-state index is -0.260. The van der Waals surface area contributed by atoms with Crippen molar-refractivity contribution in [2.45, 2.75) is 25.6 Å². The molecule has 1 amide bonds. The van der Waals surface area contributed by atoms with Crippen LogP contribution in [0.5, 0.6) is 0 Å². The Kier molecular flexibility index (Phi) is 4.85. The number of ether oxygens (including phenoxy) is 2. The Morgan fingerprint density at radius 1 is 1.14 bits per heavy atom. The molecule has 5 nitrogen and oxygen atoms in total. The first-order valence-corrected chi connectivity index (χ1v) is 7.65. The molecule has 21 heavy (non-hydrogen) atoms. The summed E-state index contributed by atoms with van der Waals surface area (Å²) < 4.78 is 10.9. The molecule has 2 N–H and O–H groups in total. The minimum absolute atomic E-state index is 0.100. The molecule has 2 aliphatic heterocycles. The van der Waals surface area contributed by atoms with Gasteiger partial charge in [0.25, 0.3) is 0 Å². The van der Waals surface area contributed by atoms with E-state index in [2.05, 4.69) is 10.6 Å². The average molecular weight is 290 g/mol. The summed E-state index contributed by atoms with van der Waals surface area (Å²) >= 11 is 0. The number of rotatable bonds is 4. The second kappa shape index (κ2) is 7.02. The number of nitrogens with one attached hydrogen (secondary N) is 2. The molecular weight excluding hydrogens is 268 g/mol. The number of carbonyl (C=O) groups excluding carboxylic acids is 1. The van der Waals surface area contributed by atoms with Crippen LogP contribution in [0.25, 0.3) is 0 Å². The van der Waals surface area contributed by atoms with Crippen LogP contribution >= 0.6 is 0 Å². The van der Waals surface area contributed by atoms with Gasteiger partial charge in [0.1, 0.15) is 0 Å². The fourth-order valence-electron chi connectivity index (χ4n) is 2.83. The fourth-order valence-corrected chi connectivity index (χ4v) is 2.83. The van der Waals surface area contributed by atoms with Gasteiger partial charge in [-0.05, 0) is 44.0 Å². The topological polar surface area (TPSA) is 59.6 Å². The van der Waals surface area contributed by atoms with Gasteiger partial charge < -0.3 is 20.1 Å². The average Bonchev–Trinajstić information content (AvgIpc) is 3.03. The molecule has 2 saturated heterocycles. The maximum absolute atomic E-state index is 12.0. The summed E-state index contributed by atoms with van der Waals surface area (Å²) in [5, 5.41) is 6.28. The first-order chi connectivity index (χ1) is 10.3. The Balaban J connectivity index is 1.50. The molecule has 2 fully saturated rings. The summed E-state index contributed by atoms with van der Waals surface area (Å²) in [6.07, 6.45) is 2.52. The van der Waals surface area contributed by atoms with Crippen molar-refractivity contribution in [3.05, 3.63) is 29.8 Å². The molecule has 3 rings (SSSR count). The lowest BCUT2D eigenvalue weighted by atomic mass is 9.94. The molecule has 114 valence electrons. The third kappa shape index (κ3) is 4.03. The van der Waals surface area contributed by atoms with Gasteiger partial charge in [0.15, 0.2) is 6.29 Å². The Labute approximate surface area is 125 Å². The van der Waals surface area contributed by atoms with Crippen molar-refractivity contribution in [3.63, 3.8) is 0 Å². The van der Waals surface area contributed by atoms with Crippen LogP contribution in [-0.4, -0.2) is 32.2 Å². The van der Waals surface area contributed by atoms with Gasteiger partial charge in [-0.25, -0.2) is 0 Å². The van der Waals surface area contributed by atoms with E-state index in [1.165, 1.54) is 0 Å². The number of hydrogen-bond acceptors (Lipinski definition) is 4. The van der Waals surface area contributed by atoms with Gasteiger partial charge in [-0.2, -0.15) is 0 Å². The van der Waals surface area contributed by atoms with Crippen LogP contribution in [-0.2, 0) is 14.3 Å². The van der Waals surface area contributed by atoms with Gasteiger partial charge in [-0.3, -0.25) is 4.79 Å². The van der Waals surface area contributed by atoms with E-state index >= 15 is 0 Å². The molecule has 0 aromatic heterocycles. The molecule has 0 spiro atoms. The lowest BCUT2D eigenvalue weighted by Crippen LogP contribution is -2.30. The SMILES string of the molecule is O=C(CC1CCNCC1)Nc1ccc(C2OCCO2)cc1. The van der Waals surface area contributed by atoms with Crippen molar-refractivity contribution < 1.29 is 14.3 Å². The first kappa shape index (κ1) is 14.5. The van der Waals surface area contributed by atoms with E-state index in [-0.39, 0.29) is 12.2 Å². The lowest BCUT2D eigenvalue weighted by Gasteiger charge is -2.21. The van der Waals surface area contributed by atoms with Crippen LogP contribution in [0.4, 0.5) is 5.69 Å². The van der Waals surface area contributed by atoms with Crippen LogP contribution in [0.1, 0.15) is 31.1 Å². The number of benzene rings is 1. The maximum atomic E-state index is 12.0. The van der Waals surface area contributed by atoms with E-state index < -0.39 is 0 Å². The predicted molar refractivity (Wildman–Crippen MR) is 79.9 cm³/mol. The zero-order valence-electron chi connectivity index (χ0n) is 12.1. The smallest absolute Gasteiger partial charge is 0.224 e. The summed E-state index contributed by atoms with van der Waals surface area (Å²) in [4.78, 5) is 12.0. The van der Waals surface area contributed by atoms with Crippen LogP contribution in [0, 0.1) is 5.92 Å². The number of anilines is 1. The molecule has 0 bridgehead atoms. The van der Waals surface area contributed by atoms with Crippen LogP contribution in [0.15, 0.2) is 24.3 Å². The largest absolute Gasteiger partial charge is 0.346 e. The Bertz CT molecular complexity index is 463. The number of hydrogen-bond donors (Lipinski definition) is 2. The van der Waals surface area contributed by atoms with E-state index in [0.29, 0.717) is 25.6 Å². The van der Waals surface area contributed by atoms with E-state index in [1.54, 1.807) is 0 Å². The Hall–Kier alpha value is -1.43. The van der Waals surface area contributed by atoms with E-state index in [1.807, 2.05) is 24.3 Å². The van der Waals surface area contributed by atoms with Crippen molar-refractivity contribution in [2.24, 2.45) is 5.92 Å². The first-order valence-electron chi connectivity index (χ1n) is 7.65. The van der Waals surface area contributed by atoms with Crippen molar-refractivity contribution in [3.8, 4) is 0 Å². The van der Waals surface area contributed by atoms with Crippen molar-refractivity contribution in [1.29, 1.82) is 0 Å². The Morgan fingerprint density at radius 3 is 2.48 bits per heavy atom. The van der Waals surface area contributed by atoms with Gasteiger partial charge in [-0.15, -0.1) is 0 Å². The van der Waals surface area contributed by atoms with E-state index in [4.69, 9.17) is 9.47 Å². The highest BCUT2D eigenvalue weighted by Crippen LogP contribution is 2.24. The van der Waals surface area contributed by atoms with Crippen LogP contribution in [0.2, 0.25) is 0 Å². The summed E-state index contributed by atoms with van der Waals surface area (Å²) in [5.74, 6) is 0.605. The van der Waals surface area contributed by atoms with Gasteiger partial charge in [0.05, 0.1) is 13.2 Å². The van der Waals surface area contributed by atoms with Crippen LogP contribution in [0.3, 0.4) is 0 Å². The molecule has 1 aromatic carbocycles. The van der Waals surface area contributed by atoms with Gasteiger partial charge in [-0.1, -0.05) is 12.1 Å². The van der Waals surface area contributed by atoms with Gasteiger partial charge in [0, 0.05) is 17.7 Å². The highest BCUT2D eigenvalue weighted by atomic mass is 16.7. The summed E-state index contributed by atoms with van der Waals surface area (Å²) in [7, 11) is 0. The number of piperidine rings is 1. The third-order valence-electron chi connectivity index (χ3n) is 4.02. The standard InChI is InChI=1S/C16H22N2O3/c19-15(11-12-5-7-17-8-6-12)18-14-3-1-13(2-4-14)16-20-9-10-21-16/h1-4,12,16-17H,5-11H2,(H,18,19). The molecule has 2 aliphatic rings. The molecule has 2 heterocycles. The second-order valence-corrected chi connectivity index (χ2v) is 5.64. The normalized spacial score (nSPS) is 20.6. The molecule has 0 unspecified atom stereocenters. The quantitative estimate of drug-likeness (QED) is 0.891. The van der Waals surface area contributed by atoms with Crippen molar-refractivity contribution >= 4 is 11.6 Å². The predicted octanol–water partition coefficient (Wildman–Crippen LogP) is 2.06. The molecule has 0 radical (unpaired) electrons. The molecule has 0 saturated carbocycles. The molecule has 5 heteroatoms. The molecule has 1 aromatic rings. The second-order valence-electron chi connectivity index (χ2n) is 5.64. The zero-order valence-corrected chi connectivity index (χ0v) is 12.1. The zero-order chi connectivity index (χ0) is 14.5. The summed E-state index contributed by atoms with van der Waals surface area (Å²) in [6.45, 7) is 3.32. The fraction of sp³-hybridized carbons (Fsp3) is 0.562. The maximum Gasteiger partial charge on any atom is 0.224 e. The summed E-state index contributed by atoms with van der Waals surface area (Å²) in [5.41, 5.74) is 1.82. The highest BCUT2D eigenvalue weighted by molar-refractivity contribution is 5.90. The van der Waals surface area contributed by atoms with Gasteiger partial charge in [0.2, 0.25) is 5.91 Å². The van der Waals surface area contributed by atoms with E-state index in [9.17, 15) is 4.79 Å². The molecular formula is C16H22N2O3. The lowest BCUT2D eigenvalue weighted by molar-refractivity contribution is -0.117. The van der Waals surface area contributed by atoms with Crippen molar-refractivity contribution in [2.75, 3.05) is 31.6 Å². The monoisotopic (exact) mass is 290 g/mol. The van der Waals surface area contributed by atoms with Crippen molar-refractivity contribution in [1.82, 2.24) is 5.32 Å². The molecule has 0 atom stereocenters. The minimum Gasteiger partial charge on any atom is -0.346 e. The number of carbonyl (C=O) groups is 1. The Morgan fingerprint density at radius 2 is 1.81 bits per heavy atom.